The summed E-state index contributed by atoms with van der Waals surface area (Å²) in [6.45, 7) is 3.50. The summed E-state index contributed by atoms with van der Waals surface area (Å²) < 4.78 is 21.5. The minimum atomic E-state index is 0. The third kappa shape index (κ3) is 6.64. The van der Waals surface area contributed by atoms with Crippen molar-refractivity contribution in [3.8, 4) is 17.2 Å². The van der Waals surface area contributed by atoms with Crippen LogP contribution >= 0.6 is 24.0 Å². The Balaban J connectivity index is 0.00000341. The van der Waals surface area contributed by atoms with Crippen LogP contribution in [0.25, 0.3) is 0 Å². The summed E-state index contributed by atoms with van der Waals surface area (Å²) >= 11 is 0. The zero-order chi connectivity index (χ0) is 21.3. The van der Waals surface area contributed by atoms with Crippen molar-refractivity contribution >= 4 is 29.9 Å². The van der Waals surface area contributed by atoms with Crippen LogP contribution in [0.4, 0.5) is 0 Å². The van der Waals surface area contributed by atoms with Gasteiger partial charge in [-0.1, -0.05) is 12.1 Å². The number of fused-ring (bicyclic) bond motifs is 1. The number of rotatable bonds is 8. The first-order valence-electron chi connectivity index (χ1n) is 10.1. The highest BCUT2D eigenvalue weighted by molar-refractivity contribution is 14.0. The van der Waals surface area contributed by atoms with Gasteiger partial charge in [-0.3, -0.25) is 4.99 Å². The molecule has 8 heteroatoms. The maximum atomic E-state index is 5.62. The number of nitrogens with one attached hydrogen (secondary N) is 1. The van der Waals surface area contributed by atoms with Crippen molar-refractivity contribution < 1.29 is 18.9 Å². The van der Waals surface area contributed by atoms with Crippen LogP contribution in [0.15, 0.2) is 41.4 Å². The molecule has 0 atom stereocenters. The lowest BCUT2D eigenvalue weighted by Crippen LogP contribution is -2.43. The summed E-state index contributed by atoms with van der Waals surface area (Å²) in [5.74, 6) is 3.27. The molecule has 1 aliphatic rings. The van der Waals surface area contributed by atoms with Crippen molar-refractivity contribution in [1.82, 2.24) is 10.2 Å². The van der Waals surface area contributed by atoms with E-state index in [0.29, 0.717) is 19.8 Å². The molecule has 0 aliphatic carbocycles. The molecule has 2 aromatic rings. The SMILES string of the molecule is CN=C(NCc1ccc(OCCOC)cc1)N1CCc2cc(OC)c(OC)cc2C1.I. The fourth-order valence-electron chi connectivity index (χ4n) is 3.52. The monoisotopic (exact) mass is 541 g/mol. The second-order valence-corrected chi connectivity index (χ2v) is 7.03. The van der Waals surface area contributed by atoms with Crippen molar-refractivity contribution in [2.24, 2.45) is 4.99 Å². The van der Waals surface area contributed by atoms with Gasteiger partial charge in [-0.15, -0.1) is 24.0 Å². The Labute approximate surface area is 201 Å². The number of hydrogen-bond donors (Lipinski definition) is 1. The average molecular weight is 541 g/mol. The average Bonchev–Trinajstić information content (AvgIpc) is 2.79. The molecule has 0 aromatic heterocycles. The van der Waals surface area contributed by atoms with Crippen molar-refractivity contribution in [1.29, 1.82) is 0 Å². The number of methoxy groups -OCH3 is 3. The van der Waals surface area contributed by atoms with Crippen LogP contribution in [0, 0.1) is 0 Å². The van der Waals surface area contributed by atoms with E-state index in [1.54, 1.807) is 21.3 Å². The van der Waals surface area contributed by atoms with Crippen LogP contribution in [-0.4, -0.2) is 59.0 Å². The zero-order valence-corrected chi connectivity index (χ0v) is 21.0. The Bertz CT molecular complexity index is 859. The molecule has 31 heavy (non-hydrogen) atoms. The first-order valence-corrected chi connectivity index (χ1v) is 10.1. The van der Waals surface area contributed by atoms with Crippen molar-refractivity contribution in [2.75, 3.05) is 48.1 Å². The largest absolute Gasteiger partial charge is 0.493 e. The summed E-state index contributed by atoms with van der Waals surface area (Å²) in [6, 6.07) is 12.2. The number of aliphatic imine (C=N–C) groups is 1. The van der Waals surface area contributed by atoms with Gasteiger partial charge in [-0.05, 0) is 47.4 Å². The molecule has 1 aliphatic heterocycles. The number of benzene rings is 2. The summed E-state index contributed by atoms with van der Waals surface area (Å²) in [5, 5.41) is 3.47. The Morgan fingerprint density at radius 1 is 1.00 bits per heavy atom. The Hall–Kier alpha value is -2.20. The number of halogens is 1. The molecule has 0 unspecified atom stereocenters. The number of hydrogen-bond acceptors (Lipinski definition) is 5. The minimum absolute atomic E-state index is 0. The third-order valence-corrected chi connectivity index (χ3v) is 5.16. The molecule has 0 bridgehead atoms. The number of ether oxygens (including phenoxy) is 4. The van der Waals surface area contributed by atoms with Gasteiger partial charge in [-0.2, -0.15) is 0 Å². The topological polar surface area (TPSA) is 64.6 Å². The van der Waals surface area contributed by atoms with E-state index < -0.39 is 0 Å². The Kier molecular flexibility index (Phi) is 10.2. The lowest BCUT2D eigenvalue weighted by atomic mass is 9.99. The molecule has 170 valence electrons. The maximum Gasteiger partial charge on any atom is 0.194 e. The van der Waals surface area contributed by atoms with Gasteiger partial charge >= 0.3 is 0 Å². The predicted octanol–water partition coefficient (Wildman–Crippen LogP) is 3.48. The van der Waals surface area contributed by atoms with E-state index in [-0.39, 0.29) is 24.0 Å². The first-order chi connectivity index (χ1) is 14.7. The van der Waals surface area contributed by atoms with Crippen LogP contribution in [0.1, 0.15) is 16.7 Å². The van der Waals surface area contributed by atoms with Crippen LogP contribution in [-0.2, 0) is 24.2 Å². The predicted molar refractivity (Wildman–Crippen MR) is 133 cm³/mol. The van der Waals surface area contributed by atoms with Gasteiger partial charge in [0.15, 0.2) is 17.5 Å². The minimum Gasteiger partial charge on any atom is -0.493 e. The molecular weight excluding hydrogens is 509 g/mol. The summed E-state index contributed by atoms with van der Waals surface area (Å²) in [6.07, 6.45) is 0.934. The highest BCUT2D eigenvalue weighted by Gasteiger charge is 2.21. The molecule has 0 amide bonds. The van der Waals surface area contributed by atoms with Gasteiger partial charge in [-0.25, -0.2) is 0 Å². The second kappa shape index (κ2) is 12.6. The van der Waals surface area contributed by atoms with E-state index in [1.165, 1.54) is 16.7 Å². The smallest absolute Gasteiger partial charge is 0.194 e. The summed E-state index contributed by atoms with van der Waals surface area (Å²) in [7, 11) is 6.82. The van der Waals surface area contributed by atoms with E-state index >= 15 is 0 Å². The normalized spacial score (nSPS) is 13.2. The van der Waals surface area contributed by atoms with Gasteiger partial charge < -0.3 is 29.2 Å². The lowest BCUT2D eigenvalue weighted by Gasteiger charge is -2.32. The van der Waals surface area contributed by atoms with Crippen LogP contribution in [0.2, 0.25) is 0 Å². The summed E-state index contributed by atoms with van der Waals surface area (Å²) in [5.41, 5.74) is 3.70. The van der Waals surface area contributed by atoms with Gasteiger partial charge in [0.2, 0.25) is 0 Å². The van der Waals surface area contributed by atoms with E-state index in [2.05, 4.69) is 39.5 Å². The Morgan fingerprint density at radius 2 is 1.68 bits per heavy atom. The van der Waals surface area contributed by atoms with Crippen LogP contribution in [0.3, 0.4) is 0 Å². The van der Waals surface area contributed by atoms with Crippen molar-refractivity contribution in [3.05, 3.63) is 53.1 Å². The lowest BCUT2D eigenvalue weighted by molar-refractivity contribution is 0.146. The molecular formula is C23H32IN3O4. The molecule has 2 aromatic carbocycles. The highest BCUT2D eigenvalue weighted by atomic mass is 127. The maximum absolute atomic E-state index is 5.62. The van der Waals surface area contributed by atoms with Gasteiger partial charge in [0, 0.05) is 33.8 Å². The van der Waals surface area contributed by atoms with Crippen molar-refractivity contribution in [3.63, 3.8) is 0 Å². The molecule has 0 spiro atoms. The molecule has 1 heterocycles. The zero-order valence-electron chi connectivity index (χ0n) is 18.6. The molecule has 0 radical (unpaired) electrons. The Morgan fingerprint density at radius 3 is 2.29 bits per heavy atom. The van der Waals surface area contributed by atoms with Gasteiger partial charge in [0.1, 0.15) is 12.4 Å². The molecule has 7 nitrogen and oxygen atoms in total. The van der Waals surface area contributed by atoms with E-state index in [4.69, 9.17) is 18.9 Å². The van der Waals surface area contributed by atoms with E-state index in [9.17, 15) is 0 Å². The van der Waals surface area contributed by atoms with Crippen LogP contribution in [0.5, 0.6) is 17.2 Å². The van der Waals surface area contributed by atoms with Crippen molar-refractivity contribution in [2.45, 2.75) is 19.5 Å². The first kappa shape index (κ1) is 25.1. The number of guanidine groups is 1. The standard InChI is InChI=1S/C23H31N3O4.HI/c1-24-23(25-15-17-5-7-20(8-6-17)30-12-11-27-2)26-10-9-18-13-21(28-3)22(29-4)14-19(18)16-26;/h5-8,13-14H,9-12,15-16H2,1-4H3,(H,24,25);1H. The van der Waals surface area contributed by atoms with Crippen LogP contribution < -0.4 is 19.5 Å². The van der Waals surface area contributed by atoms with Gasteiger partial charge in [0.25, 0.3) is 0 Å². The third-order valence-electron chi connectivity index (χ3n) is 5.16. The molecule has 0 saturated carbocycles. The highest BCUT2D eigenvalue weighted by Crippen LogP contribution is 2.33. The molecule has 3 rings (SSSR count). The molecule has 0 fully saturated rings. The molecule has 0 saturated heterocycles. The quantitative estimate of drug-likeness (QED) is 0.239. The van der Waals surface area contributed by atoms with E-state index in [1.807, 2.05) is 19.2 Å². The fourth-order valence-corrected chi connectivity index (χ4v) is 3.52. The number of nitrogens with zero attached hydrogens (tertiary/aromatic N) is 2. The summed E-state index contributed by atoms with van der Waals surface area (Å²) in [4.78, 5) is 6.74. The van der Waals surface area contributed by atoms with E-state index in [0.717, 1.165) is 42.7 Å². The fraction of sp³-hybridized carbons (Fsp3) is 0.435. The van der Waals surface area contributed by atoms with Gasteiger partial charge in [0.05, 0.1) is 20.8 Å². The molecule has 1 N–H and O–H groups in total. The second-order valence-electron chi connectivity index (χ2n) is 7.03.